The van der Waals surface area contributed by atoms with Crippen molar-refractivity contribution < 1.29 is 14.3 Å². The first-order valence-electron chi connectivity index (χ1n) is 8.20. The minimum atomic E-state index is -0.432. The van der Waals surface area contributed by atoms with Gasteiger partial charge in [-0.2, -0.15) is 0 Å². The van der Waals surface area contributed by atoms with E-state index in [1.54, 1.807) is 7.05 Å². The molecule has 2 N–H and O–H groups in total. The van der Waals surface area contributed by atoms with Crippen LogP contribution in [0.15, 0.2) is 12.2 Å². The zero-order chi connectivity index (χ0) is 16.6. The van der Waals surface area contributed by atoms with Gasteiger partial charge in [0.2, 0.25) is 5.91 Å². The highest BCUT2D eigenvalue weighted by Gasteiger charge is 2.33. The Kier molecular flexibility index (Phi) is 7.42. The highest BCUT2D eigenvalue weighted by Crippen LogP contribution is 2.32. The molecule has 0 bridgehead atoms. The van der Waals surface area contributed by atoms with Crippen LogP contribution in [0.4, 0.5) is 4.79 Å². The van der Waals surface area contributed by atoms with E-state index in [0.29, 0.717) is 18.8 Å². The van der Waals surface area contributed by atoms with Gasteiger partial charge in [0, 0.05) is 19.0 Å². The van der Waals surface area contributed by atoms with E-state index in [9.17, 15) is 9.59 Å². The second-order valence-electron chi connectivity index (χ2n) is 6.70. The summed E-state index contributed by atoms with van der Waals surface area (Å²) in [4.78, 5) is 23.8. The summed E-state index contributed by atoms with van der Waals surface area (Å²) >= 11 is 0. The maximum absolute atomic E-state index is 12.5. The van der Waals surface area contributed by atoms with Crippen molar-refractivity contribution in [2.75, 3.05) is 13.6 Å². The van der Waals surface area contributed by atoms with E-state index in [1.807, 2.05) is 19.1 Å². The highest BCUT2D eigenvalue weighted by molar-refractivity contribution is 5.82. The Labute approximate surface area is 133 Å². The summed E-state index contributed by atoms with van der Waals surface area (Å²) < 4.78 is 5.29. The third-order valence-corrected chi connectivity index (χ3v) is 4.21. The molecule has 0 heterocycles. The molecule has 22 heavy (non-hydrogen) atoms. The molecular weight excluding hydrogens is 280 g/mol. The Bertz CT molecular complexity index is 407. The van der Waals surface area contributed by atoms with Crippen LogP contribution in [0.25, 0.3) is 0 Å². The first kappa shape index (κ1) is 18.5. The van der Waals surface area contributed by atoms with Gasteiger partial charge in [0.15, 0.2) is 0 Å². The molecule has 2 atom stereocenters. The van der Waals surface area contributed by atoms with Gasteiger partial charge in [-0.05, 0) is 44.1 Å². The van der Waals surface area contributed by atoms with Crippen molar-refractivity contribution >= 4 is 12.0 Å². The third kappa shape index (κ3) is 6.08. The number of nitrogens with one attached hydrogen (secondary N) is 2. The van der Waals surface area contributed by atoms with E-state index in [4.69, 9.17) is 4.74 Å². The maximum Gasteiger partial charge on any atom is 0.407 e. The number of alkyl carbamates (subject to hydrolysis) is 1. The van der Waals surface area contributed by atoms with Crippen LogP contribution < -0.4 is 10.6 Å². The Morgan fingerprint density at radius 2 is 2.09 bits per heavy atom. The van der Waals surface area contributed by atoms with E-state index in [2.05, 4.69) is 24.5 Å². The molecule has 2 amide bonds. The predicted octanol–water partition coefficient (Wildman–Crippen LogP) is 3.01. The smallest absolute Gasteiger partial charge is 0.407 e. The van der Waals surface area contributed by atoms with Crippen molar-refractivity contribution in [2.45, 2.75) is 59.0 Å². The van der Waals surface area contributed by atoms with E-state index in [0.717, 1.165) is 25.8 Å². The minimum Gasteiger partial charge on any atom is -0.442 e. The van der Waals surface area contributed by atoms with Crippen LogP contribution in [0, 0.1) is 11.3 Å². The lowest BCUT2D eigenvalue weighted by molar-refractivity contribution is -0.131. The van der Waals surface area contributed by atoms with Gasteiger partial charge in [-0.1, -0.05) is 26.8 Å². The quantitative estimate of drug-likeness (QED) is 0.767. The van der Waals surface area contributed by atoms with Gasteiger partial charge < -0.3 is 15.4 Å². The molecule has 0 aliphatic heterocycles. The molecule has 0 aromatic carbocycles. The number of hydrogen-bond acceptors (Lipinski definition) is 3. The zero-order valence-electron chi connectivity index (χ0n) is 14.3. The second kappa shape index (κ2) is 8.81. The summed E-state index contributed by atoms with van der Waals surface area (Å²) in [6.45, 7) is 7.03. The Hall–Kier alpha value is -1.52. The molecule has 0 radical (unpaired) electrons. The van der Waals surface area contributed by atoms with Crippen LogP contribution >= 0.6 is 0 Å². The number of amides is 2. The number of carbonyl (C=O) groups is 2. The first-order valence-corrected chi connectivity index (χ1v) is 8.20. The maximum atomic E-state index is 12.5. The topological polar surface area (TPSA) is 67.4 Å². The van der Waals surface area contributed by atoms with Gasteiger partial charge in [0.1, 0.15) is 6.10 Å². The predicted molar refractivity (Wildman–Crippen MR) is 87.5 cm³/mol. The van der Waals surface area contributed by atoms with Gasteiger partial charge in [-0.3, -0.25) is 4.79 Å². The van der Waals surface area contributed by atoms with Crippen LogP contribution in [-0.2, 0) is 9.53 Å². The van der Waals surface area contributed by atoms with Gasteiger partial charge in [0.05, 0.1) is 0 Å². The standard InChI is InChI=1S/C17H30N2O3/c1-13(2)9-12-19-15(20)17(3)10-6-5-7-14(8-11-17)22-16(21)18-4/h5,7,13-14H,6,8-12H2,1-4H3,(H,18,21)(H,19,20)/b7-5+. The molecular formula is C17H30N2O3. The van der Waals surface area contributed by atoms with Gasteiger partial charge in [-0.25, -0.2) is 4.79 Å². The molecule has 1 rings (SSSR count). The van der Waals surface area contributed by atoms with Crippen LogP contribution in [0.3, 0.4) is 0 Å². The van der Waals surface area contributed by atoms with Crippen molar-refractivity contribution in [3.8, 4) is 0 Å². The van der Waals surface area contributed by atoms with Crippen LogP contribution in [0.5, 0.6) is 0 Å². The Morgan fingerprint density at radius 1 is 1.36 bits per heavy atom. The average Bonchev–Trinajstić information content (AvgIpc) is 2.46. The van der Waals surface area contributed by atoms with Crippen LogP contribution in [0.1, 0.15) is 52.9 Å². The number of hydrogen-bond donors (Lipinski definition) is 2. The number of allylic oxidation sites excluding steroid dienone is 1. The molecule has 1 aliphatic carbocycles. The molecule has 0 aromatic rings. The molecule has 0 saturated heterocycles. The normalized spacial score (nSPS) is 26.7. The molecule has 1 aliphatic rings. The van der Waals surface area contributed by atoms with Crippen molar-refractivity contribution in [3.05, 3.63) is 12.2 Å². The van der Waals surface area contributed by atoms with Crippen molar-refractivity contribution in [1.29, 1.82) is 0 Å². The highest BCUT2D eigenvalue weighted by atomic mass is 16.6. The Morgan fingerprint density at radius 3 is 2.73 bits per heavy atom. The Balaban J connectivity index is 2.57. The summed E-state index contributed by atoms with van der Waals surface area (Å²) in [5.74, 6) is 0.695. The van der Waals surface area contributed by atoms with E-state index in [-0.39, 0.29) is 12.0 Å². The number of rotatable bonds is 5. The van der Waals surface area contributed by atoms with Crippen molar-refractivity contribution in [1.82, 2.24) is 10.6 Å². The number of carbonyl (C=O) groups excluding carboxylic acids is 2. The lowest BCUT2D eigenvalue weighted by Gasteiger charge is -2.31. The van der Waals surface area contributed by atoms with Crippen LogP contribution in [-0.4, -0.2) is 31.7 Å². The molecule has 0 aromatic heterocycles. The fraction of sp³-hybridized carbons (Fsp3) is 0.765. The van der Waals surface area contributed by atoms with Crippen LogP contribution in [0.2, 0.25) is 0 Å². The van der Waals surface area contributed by atoms with Crippen molar-refractivity contribution in [2.24, 2.45) is 11.3 Å². The molecule has 126 valence electrons. The lowest BCUT2D eigenvalue weighted by atomic mass is 9.78. The number of ether oxygens (including phenoxy) is 1. The van der Waals surface area contributed by atoms with E-state index >= 15 is 0 Å². The molecule has 2 unspecified atom stereocenters. The summed E-state index contributed by atoms with van der Waals surface area (Å²) in [5.41, 5.74) is -0.397. The SMILES string of the molecule is CNC(=O)OC1/C=C/CCC(C)(C(=O)NCCC(C)C)CC1. The molecule has 0 spiro atoms. The lowest BCUT2D eigenvalue weighted by Crippen LogP contribution is -2.40. The second-order valence-corrected chi connectivity index (χ2v) is 6.70. The minimum absolute atomic E-state index is 0.113. The monoisotopic (exact) mass is 310 g/mol. The van der Waals surface area contributed by atoms with E-state index in [1.165, 1.54) is 0 Å². The summed E-state index contributed by atoms with van der Waals surface area (Å²) in [7, 11) is 1.54. The molecule has 5 heteroatoms. The average molecular weight is 310 g/mol. The summed E-state index contributed by atoms with van der Waals surface area (Å²) in [5, 5.41) is 5.51. The zero-order valence-corrected chi connectivity index (χ0v) is 14.3. The van der Waals surface area contributed by atoms with Gasteiger partial charge >= 0.3 is 6.09 Å². The molecule has 0 saturated carbocycles. The first-order chi connectivity index (χ1) is 10.4. The molecule has 0 fully saturated rings. The van der Waals surface area contributed by atoms with Gasteiger partial charge in [0.25, 0.3) is 0 Å². The fourth-order valence-electron chi connectivity index (χ4n) is 2.54. The molecule has 5 nitrogen and oxygen atoms in total. The van der Waals surface area contributed by atoms with Crippen molar-refractivity contribution in [3.63, 3.8) is 0 Å². The largest absolute Gasteiger partial charge is 0.442 e. The summed E-state index contributed by atoms with van der Waals surface area (Å²) in [6.07, 6.45) is 7.25. The third-order valence-electron chi connectivity index (χ3n) is 4.21. The van der Waals surface area contributed by atoms with E-state index < -0.39 is 11.5 Å². The fourth-order valence-corrected chi connectivity index (χ4v) is 2.54. The van der Waals surface area contributed by atoms with Gasteiger partial charge in [-0.15, -0.1) is 0 Å². The summed E-state index contributed by atoms with van der Waals surface area (Å²) in [6, 6.07) is 0.